The van der Waals surface area contributed by atoms with Crippen LogP contribution < -0.4 is 20.9 Å². The third-order valence-corrected chi connectivity index (χ3v) is 16.3. The van der Waals surface area contributed by atoms with Crippen LogP contribution in [0.1, 0.15) is 81.8 Å². The van der Waals surface area contributed by atoms with E-state index in [-0.39, 0.29) is 52.1 Å². The molecule has 4 heterocycles. The van der Waals surface area contributed by atoms with E-state index in [1.54, 1.807) is 11.8 Å². The molecular weight excluding hydrogens is 684 g/mol. The van der Waals surface area contributed by atoms with Crippen LogP contribution in [0.4, 0.5) is 0 Å². The van der Waals surface area contributed by atoms with E-state index in [4.69, 9.17) is 21.3 Å². The van der Waals surface area contributed by atoms with E-state index in [2.05, 4.69) is 34.2 Å². The lowest BCUT2D eigenvalue weighted by atomic mass is 9.70. The number of alkyl halides is 1. The van der Waals surface area contributed by atoms with Crippen molar-refractivity contribution in [2.75, 3.05) is 32.5 Å². The maximum atomic E-state index is 13.8. The van der Waals surface area contributed by atoms with Gasteiger partial charge in [-0.05, 0) is 116 Å². The van der Waals surface area contributed by atoms with Gasteiger partial charge in [0.1, 0.15) is 5.82 Å². The molecule has 1 amide bonds. The third kappa shape index (κ3) is 7.78. The van der Waals surface area contributed by atoms with Crippen molar-refractivity contribution in [2.45, 2.75) is 137 Å². The number of ether oxygens (including phenoxy) is 1. The lowest BCUT2D eigenvalue weighted by molar-refractivity contribution is -0.123. The molecule has 2 saturated carbocycles. The van der Waals surface area contributed by atoms with E-state index >= 15 is 0 Å². The summed E-state index contributed by atoms with van der Waals surface area (Å²) in [6, 6.07) is 1.15. The van der Waals surface area contributed by atoms with Gasteiger partial charge in [0.2, 0.25) is 15.9 Å². The van der Waals surface area contributed by atoms with Crippen molar-refractivity contribution in [3.05, 3.63) is 27.4 Å². The Hall–Kier alpha value is -1.22. The number of halogens is 1. The summed E-state index contributed by atoms with van der Waals surface area (Å²) in [6.07, 6.45) is 9.81. The molecule has 14 heteroatoms. The molecule has 274 valence electrons. The highest BCUT2D eigenvalue weighted by molar-refractivity contribution is 8.00. The number of carbonyl (C=O) groups excluding carboxylic acids is 1. The minimum Gasteiger partial charge on any atom is -0.376 e. The van der Waals surface area contributed by atoms with Crippen molar-refractivity contribution >= 4 is 39.3 Å². The maximum Gasteiger partial charge on any atom is 0.257 e. The molecule has 3 aliphatic heterocycles. The first-order chi connectivity index (χ1) is 23.5. The third-order valence-electron chi connectivity index (χ3n) is 12.4. The van der Waals surface area contributed by atoms with Gasteiger partial charge in [-0.2, -0.15) is 11.8 Å². The molecule has 8 unspecified atom stereocenters. The number of carbonyl (C=O) groups is 1. The average molecular weight is 739 g/mol. The van der Waals surface area contributed by atoms with Crippen LogP contribution in [-0.2, 0) is 38.9 Å². The minimum atomic E-state index is -3.72. The molecule has 1 aromatic rings. The predicted octanol–water partition coefficient (Wildman–Crippen LogP) is 2.59. The van der Waals surface area contributed by atoms with Gasteiger partial charge < -0.3 is 20.3 Å². The van der Waals surface area contributed by atoms with Gasteiger partial charge in [-0.1, -0.05) is 0 Å². The molecule has 3 saturated heterocycles. The van der Waals surface area contributed by atoms with Crippen molar-refractivity contribution in [2.24, 2.45) is 17.8 Å². The molecule has 49 heavy (non-hydrogen) atoms. The maximum absolute atomic E-state index is 13.8. The van der Waals surface area contributed by atoms with Gasteiger partial charge in [0, 0.05) is 46.1 Å². The van der Waals surface area contributed by atoms with Crippen molar-refractivity contribution < 1.29 is 17.9 Å². The summed E-state index contributed by atoms with van der Waals surface area (Å²) < 4.78 is 37.2. The van der Waals surface area contributed by atoms with Gasteiger partial charge in [0.15, 0.2) is 0 Å². The number of likely N-dealkylation sites (N-methyl/N-ethyl adjacent to an activating group) is 1. The van der Waals surface area contributed by atoms with Gasteiger partial charge >= 0.3 is 0 Å². The Bertz CT molecular complexity index is 1530. The highest BCUT2D eigenvalue weighted by atomic mass is 35.5. The van der Waals surface area contributed by atoms with Gasteiger partial charge in [0.25, 0.3) is 5.56 Å². The smallest absolute Gasteiger partial charge is 0.257 e. The second kappa shape index (κ2) is 15.0. The highest BCUT2D eigenvalue weighted by Gasteiger charge is 2.52. The number of fused-ring (bicyclic) bond motifs is 2. The molecule has 0 aromatic carbocycles. The number of piperidine rings is 2. The first-order valence-electron chi connectivity index (χ1n) is 18.7. The molecule has 3 N–H and O–H groups in total. The van der Waals surface area contributed by atoms with Crippen LogP contribution in [0, 0.1) is 24.7 Å². The van der Waals surface area contributed by atoms with Gasteiger partial charge in [-0.25, -0.2) is 13.4 Å². The molecule has 3 aliphatic carbocycles. The van der Waals surface area contributed by atoms with Crippen molar-refractivity contribution in [3.8, 4) is 0 Å². The topological polar surface area (TPSA) is 135 Å². The molecule has 11 nitrogen and oxygen atoms in total. The van der Waals surface area contributed by atoms with Crippen molar-refractivity contribution in [3.63, 3.8) is 0 Å². The van der Waals surface area contributed by atoms with Crippen LogP contribution in [0.25, 0.3) is 0 Å². The number of thioether (sulfide) groups is 1. The number of sulfonamides is 1. The molecular formula is C35H55ClN6O5S2. The summed E-state index contributed by atoms with van der Waals surface area (Å²) in [5.74, 6) is 1.06. The van der Waals surface area contributed by atoms with Crippen LogP contribution in [0.5, 0.6) is 0 Å². The molecule has 6 aliphatic rings. The summed E-state index contributed by atoms with van der Waals surface area (Å²) >= 11 is 8.62. The first kappa shape index (κ1) is 36.2. The van der Waals surface area contributed by atoms with Gasteiger partial charge in [-0.3, -0.25) is 18.9 Å². The van der Waals surface area contributed by atoms with Crippen LogP contribution >= 0.6 is 23.4 Å². The summed E-state index contributed by atoms with van der Waals surface area (Å²) in [5, 5.41) is 6.59. The summed E-state index contributed by atoms with van der Waals surface area (Å²) in [4.78, 5) is 34.7. The molecule has 0 bridgehead atoms. The predicted molar refractivity (Wildman–Crippen MR) is 194 cm³/mol. The first-order valence-corrected chi connectivity index (χ1v) is 21.7. The van der Waals surface area contributed by atoms with E-state index in [0.29, 0.717) is 56.9 Å². The van der Waals surface area contributed by atoms with E-state index in [0.717, 1.165) is 62.0 Å². The van der Waals surface area contributed by atoms with Crippen LogP contribution in [0.2, 0.25) is 0 Å². The lowest BCUT2D eigenvalue weighted by Gasteiger charge is -2.47. The average Bonchev–Trinajstić information content (AvgIpc) is 3.85. The van der Waals surface area contributed by atoms with Crippen LogP contribution in [-0.4, -0.2) is 107 Å². The van der Waals surface area contributed by atoms with Gasteiger partial charge in [-0.15, -0.1) is 11.6 Å². The summed E-state index contributed by atoms with van der Waals surface area (Å²) in [7, 11) is -1.51. The molecule has 5 fully saturated rings. The number of nitrogens with one attached hydrogen (secondary N) is 3. The van der Waals surface area contributed by atoms with Crippen molar-refractivity contribution in [1.29, 1.82) is 0 Å². The molecule has 0 spiro atoms. The Morgan fingerprint density at radius 2 is 1.88 bits per heavy atom. The minimum absolute atomic E-state index is 0.0119. The quantitative estimate of drug-likeness (QED) is 0.308. The summed E-state index contributed by atoms with van der Waals surface area (Å²) in [5.41, 5.74) is 1.94. The largest absolute Gasteiger partial charge is 0.376 e. The van der Waals surface area contributed by atoms with Crippen LogP contribution in [0.15, 0.2) is 4.79 Å². The van der Waals surface area contributed by atoms with E-state index in [1.165, 1.54) is 12.8 Å². The molecule has 0 radical (unpaired) electrons. The Kier molecular flexibility index (Phi) is 11.1. The monoisotopic (exact) mass is 738 g/mol. The second-order valence-corrected chi connectivity index (χ2v) is 19.5. The fourth-order valence-electron chi connectivity index (χ4n) is 9.53. The number of hydrogen-bond acceptors (Lipinski definition) is 10. The number of aromatic nitrogens is 2. The second-order valence-electron chi connectivity index (χ2n) is 15.7. The zero-order valence-electron chi connectivity index (χ0n) is 29.2. The molecule has 1 aromatic heterocycles. The zero-order chi connectivity index (χ0) is 34.4. The lowest BCUT2D eigenvalue weighted by Crippen LogP contribution is -2.59. The highest BCUT2D eigenvalue weighted by Crippen LogP contribution is 2.48. The van der Waals surface area contributed by atoms with Crippen molar-refractivity contribution in [1.82, 2.24) is 29.8 Å². The standard InChI is InChI=1S/C35H55ClN6O5S2/c1-20-16-27(33-32(38-20)29(19-48-33)34(43)40-49(45,46)25-10-12-37-13-11-25)26-17-22(36)4-9-31(26)47-15-14-42-21(2)39-30-8-7-24(18-28(30)35(42)44)41(3)23-5-6-23/h20,22-27,29,31-33,37-38H,4-19H2,1-3H3,(H,40,43)/t20?,22?,24-,26?,27?,29?,31?,32?,33?/m1/s1. The summed E-state index contributed by atoms with van der Waals surface area (Å²) in [6.45, 7) is 6.30. The SMILES string of the molecule is Cc1nc2c(c(=O)n1CCOC1CCC(Cl)CC1C1CC(C)NC3C(C(=O)NS(=O)(=O)C4CCNCC4)CSC13)C[C@H](N(C)C1CC1)CC2. The van der Waals surface area contributed by atoms with Gasteiger partial charge in [0.05, 0.1) is 36.1 Å². The normalized spacial score (nSPS) is 35.6. The van der Waals surface area contributed by atoms with E-state index < -0.39 is 21.2 Å². The number of hydrogen-bond donors (Lipinski definition) is 3. The van der Waals surface area contributed by atoms with E-state index in [1.807, 2.05) is 11.5 Å². The number of aryl methyl sites for hydroxylation is 2. The fraction of sp³-hybridized carbons (Fsp3) is 0.857. The zero-order valence-corrected chi connectivity index (χ0v) is 31.6. The van der Waals surface area contributed by atoms with Crippen LogP contribution in [0.3, 0.4) is 0 Å². The fourth-order valence-corrected chi connectivity index (χ4v) is 13.1. The Labute approximate surface area is 300 Å². The molecule has 7 rings (SSSR count). The number of rotatable bonds is 10. The number of amides is 1. The molecule has 9 atom stereocenters. The Balaban J connectivity index is 1.01. The number of nitrogens with zero attached hydrogens (tertiary/aromatic N) is 3. The van der Waals surface area contributed by atoms with E-state index in [9.17, 15) is 18.0 Å². The Morgan fingerprint density at radius 3 is 2.63 bits per heavy atom. The Morgan fingerprint density at radius 1 is 1.10 bits per heavy atom.